The fourth-order valence-electron chi connectivity index (χ4n) is 3.07. The van der Waals surface area contributed by atoms with Crippen LogP contribution in [0.2, 0.25) is 5.02 Å². The third kappa shape index (κ3) is 2.44. The molecule has 4 rings (SSSR count). The molecule has 24 heavy (non-hydrogen) atoms. The number of hydrogen-bond donors (Lipinski definition) is 1. The Balaban J connectivity index is 1.77. The van der Waals surface area contributed by atoms with Gasteiger partial charge in [0.25, 0.3) is 0 Å². The monoisotopic (exact) mass is 345 g/mol. The van der Waals surface area contributed by atoms with Crippen LogP contribution in [-0.4, -0.2) is 41.4 Å². The first kappa shape index (κ1) is 16.3. The number of hydrogen-bond acceptors (Lipinski definition) is 5. The van der Waals surface area contributed by atoms with Gasteiger partial charge in [-0.15, -0.1) is 0 Å². The molecular formula is C17H21BClN3O2. The van der Waals surface area contributed by atoms with Crippen LogP contribution in [0.5, 0.6) is 0 Å². The van der Waals surface area contributed by atoms with Crippen molar-refractivity contribution in [2.45, 2.75) is 44.8 Å². The summed E-state index contributed by atoms with van der Waals surface area (Å²) >= 11 is 6.58. The average Bonchev–Trinajstić information content (AvgIpc) is 2.65. The Morgan fingerprint density at radius 1 is 1.12 bits per heavy atom. The zero-order chi connectivity index (χ0) is 17.1. The molecule has 0 bridgehead atoms. The predicted molar refractivity (Wildman–Crippen MR) is 95.9 cm³/mol. The number of rotatable bonds is 2. The second kappa shape index (κ2) is 5.40. The first-order valence-corrected chi connectivity index (χ1v) is 8.67. The van der Waals surface area contributed by atoms with Gasteiger partial charge in [-0.1, -0.05) is 11.6 Å². The van der Waals surface area contributed by atoms with Crippen LogP contribution in [0.1, 0.15) is 39.3 Å². The van der Waals surface area contributed by atoms with Crippen LogP contribution in [0.3, 0.4) is 0 Å². The molecule has 0 spiro atoms. The summed E-state index contributed by atoms with van der Waals surface area (Å²) in [5.74, 6) is 0.425. The quantitative estimate of drug-likeness (QED) is 0.846. The van der Waals surface area contributed by atoms with Gasteiger partial charge in [-0.05, 0) is 39.8 Å². The van der Waals surface area contributed by atoms with Crippen molar-refractivity contribution >= 4 is 35.1 Å². The zero-order valence-corrected chi connectivity index (χ0v) is 15.1. The molecule has 0 saturated carbocycles. The van der Waals surface area contributed by atoms with E-state index in [4.69, 9.17) is 20.9 Å². The maximum absolute atomic E-state index is 6.58. The molecule has 0 radical (unpaired) electrons. The Kier molecular flexibility index (Phi) is 3.66. The molecule has 7 heteroatoms. The van der Waals surface area contributed by atoms with Crippen molar-refractivity contribution < 1.29 is 9.31 Å². The van der Waals surface area contributed by atoms with Gasteiger partial charge in [0.2, 0.25) is 0 Å². The van der Waals surface area contributed by atoms with Crippen LogP contribution in [-0.2, 0) is 9.31 Å². The van der Waals surface area contributed by atoms with Gasteiger partial charge >= 0.3 is 7.12 Å². The summed E-state index contributed by atoms with van der Waals surface area (Å²) in [6.07, 6.45) is 1.62. The molecule has 126 valence electrons. The zero-order valence-electron chi connectivity index (χ0n) is 14.4. The predicted octanol–water partition coefficient (Wildman–Crippen LogP) is 2.27. The molecule has 2 aliphatic rings. The van der Waals surface area contributed by atoms with Gasteiger partial charge in [-0.3, -0.25) is 0 Å². The van der Waals surface area contributed by atoms with E-state index in [0.717, 1.165) is 35.1 Å². The van der Waals surface area contributed by atoms with E-state index in [2.05, 4.69) is 15.3 Å². The smallest absolute Gasteiger partial charge is 0.399 e. The van der Waals surface area contributed by atoms with E-state index in [1.54, 1.807) is 6.33 Å². The van der Waals surface area contributed by atoms with Gasteiger partial charge in [-0.25, -0.2) is 9.97 Å². The third-order valence-electron chi connectivity index (χ3n) is 5.46. The third-order valence-corrected chi connectivity index (χ3v) is 5.79. The standard InChI is InChI=1S/C17H21BClN3O2/c1-16(2)17(3,4)24-18(23-16)12-6-14-11(5-13(12)19)15(22-9-21-14)10-7-20-8-10/h5-6,9-10,20H,7-8H2,1-4H3. The minimum Gasteiger partial charge on any atom is -0.399 e. The van der Waals surface area contributed by atoms with Crippen LogP contribution in [0.25, 0.3) is 10.9 Å². The Morgan fingerprint density at radius 2 is 1.79 bits per heavy atom. The Hall–Kier alpha value is -1.21. The van der Waals surface area contributed by atoms with E-state index in [1.807, 2.05) is 39.8 Å². The van der Waals surface area contributed by atoms with Crippen LogP contribution >= 0.6 is 11.6 Å². The number of halogens is 1. The first-order chi connectivity index (χ1) is 11.3. The van der Waals surface area contributed by atoms with E-state index in [1.165, 1.54) is 0 Å². The molecule has 1 N–H and O–H groups in total. The molecule has 1 aromatic carbocycles. The van der Waals surface area contributed by atoms with Crippen molar-refractivity contribution in [2.75, 3.05) is 13.1 Å². The Morgan fingerprint density at radius 3 is 2.38 bits per heavy atom. The fourth-order valence-corrected chi connectivity index (χ4v) is 3.32. The second-order valence-electron chi connectivity index (χ2n) is 7.59. The SMILES string of the molecule is CC1(C)OB(c2cc3ncnc(C4CNC4)c3cc2Cl)OC1(C)C. The Labute approximate surface area is 147 Å². The summed E-state index contributed by atoms with van der Waals surface area (Å²) in [6, 6.07) is 3.92. The molecule has 5 nitrogen and oxygen atoms in total. The maximum atomic E-state index is 6.58. The van der Waals surface area contributed by atoms with Gasteiger partial charge in [0, 0.05) is 34.9 Å². The molecule has 3 heterocycles. The second-order valence-corrected chi connectivity index (χ2v) is 8.00. The van der Waals surface area contributed by atoms with Crippen molar-refractivity contribution in [3.8, 4) is 0 Å². The number of fused-ring (bicyclic) bond motifs is 1. The van der Waals surface area contributed by atoms with Crippen molar-refractivity contribution in [3.63, 3.8) is 0 Å². The summed E-state index contributed by atoms with van der Waals surface area (Å²) in [4.78, 5) is 8.90. The Bertz CT molecular complexity index is 792. The van der Waals surface area contributed by atoms with Crippen molar-refractivity contribution in [2.24, 2.45) is 0 Å². The van der Waals surface area contributed by atoms with Crippen LogP contribution < -0.4 is 10.8 Å². The molecule has 0 aliphatic carbocycles. The normalized spacial score (nSPS) is 22.8. The first-order valence-electron chi connectivity index (χ1n) is 8.29. The number of benzene rings is 1. The summed E-state index contributed by atoms with van der Waals surface area (Å²) in [5, 5.41) is 4.92. The highest BCUT2D eigenvalue weighted by atomic mass is 35.5. The molecule has 2 saturated heterocycles. The lowest BCUT2D eigenvalue weighted by Gasteiger charge is -2.32. The lowest BCUT2D eigenvalue weighted by Crippen LogP contribution is -2.41. The molecule has 0 unspecified atom stereocenters. The van der Waals surface area contributed by atoms with Gasteiger partial charge in [0.15, 0.2) is 0 Å². The highest BCUT2D eigenvalue weighted by molar-refractivity contribution is 6.66. The fraction of sp³-hybridized carbons (Fsp3) is 0.529. The van der Waals surface area contributed by atoms with Crippen molar-refractivity contribution in [3.05, 3.63) is 29.2 Å². The van der Waals surface area contributed by atoms with E-state index in [0.29, 0.717) is 10.9 Å². The van der Waals surface area contributed by atoms with E-state index >= 15 is 0 Å². The largest absolute Gasteiger partial charge is 0.496 e. The number of aromatic nitrogens is 2. The molecule has 2 fully saturated rings. The van der Waals surface area contributed by atoms with Crippen LogP contribution in [0.4, 0.5) is 0 Å². The highest BCUT2D eigenvalue weighted by Crippen LogP contribution is 2.37. The highest BCUT2D eigenvalue weighted by Gasteiger charge is 2.52. The molecule has 1 aromatic heterocycles. The van der Waals surface area contributed by atoms with Crippen LogP contribution in [0, 0.1) is 0 Å². The molecule has 0 amide bonds. The molecule has 0 atom stereocenters. The average molecular weight is 346 g/mol. The van der Waals surface area contributed by atoms with Gasteiger partial charge < -0.3 is 14.6 Å². The summed E-state index contributed by atoms with van der Waals surface area (Å²) in [5.41, 5.74) is 1.95. The summed E-state index contributed by atoms with van der Waals surface area (Å²) < 4.78 is 12.3. The number of nitrogens with zero attached hydrogens (tertiary/aromatic N) is 2. The van der Waals surface area contributed by atoms with Gasteiger partial charge in [-0.2, -0.15) is 0 Å². The molecular weight excluding hydrogens is 324 g/mol. The van der Waals surface area contributed by atoms with Gasteiger partial charge in [0.1, 0.15) is 6.33 Å². The van der Waals surface area contributed by atoms with Crippen LogP contribution in [0.15, 0.2) is 18.5 Å². The van der Waals surface area contributed by atoms with E-state index < -0.39 is 18.3 Å². The minimum absolute atomic E-state index is 0.398. The minimum atomic E-state index is -0.490. The lowest BCUT2D eigenvalue weighted by molar-refractivity contribution is 0.00578. The van der Waals surface area contributed by atoms with Gasteiger partial charge in [0.05, 0.1) is 22.4 Å². The topological polar surface area (TPSA) is 56.3 Å². The van der Waals surface area contributed by atoms with E-state index in [-0.39, 0.29) is 0 Å². The van der Waals surface area contributed by atoms with Crippen molar-refractivity contribution in [1.29, 1.82) is 0 Å². The van der Waals surface area contributed by atoms with E-state index in [9.17, 15) is 0 Å². The molecule has 2 aromatic rings. The summed E-state index contributed by atoms with van der Waals surface area (Å²) in [6.45, 7) is 10.0. The number of nitrogens with one attached hydrogen (secondary N) is 1. The lowest BCUT2D eigenvalue weighted by atomic mass is 9.78. The maximum Gasteiger partial charge on any atom is 0.496 e. The molecule has 2 aliphatic heterocycles. The summed E-state index contributed by atoms with van der Waals surface area (Å²) in [7, 11) is -0.490. The van der Waals surface area contributed by atoms with Crippen molar-refractivity contribution in [1.82, 2.24) is 15.3 Å².